The quantitative estimate of drug-likeness (QED) is 0.884. The van der Waals surface area contributed by atoms with Crippen LogP contribution < -0.4 is 4.90 Å². The molecule has 1 amide bonds. The predicted octanol–water partition coefficient (Wildman–Crippen LogP) is 2.25. The number of amides is 1. The second-order valence-corrected chi connectivity index (χ2v) is 6.25. The molecule has 1 saturated heterocycles. The number of hydrogen-bond acceptors (Lipinski definition) is 4. The van der Waals surface area contributed by atoms with Crippen molar-refractivity contribution in [3.8, 4) is 0 Å². The van der Waals surface area contributed by atoms with Gasteiger partial charge in [-0.05, 0) is 24.8 Å². The minimum atomic E-state index is 0.117. The van der Waals surface area contributed by atoms with E-state index in [-0.39, 0.29) is 11.9 Å². The van der Waals surface area contributed by atoms with E-state index in [0.717, 1.165) is 38.9 Å². The number of carbonyl (C=O) groups is 1. The van der Waals surface area contributed by atoms with Crippen LogP contribution >= 0.6 is 0 Å². The summed E-state index contributed by atoms with van der Waals surface area (Å²) >= 11 is 0. The van der Waals surface area contributed by atoms with Crippen LogP contribution in [-0.2, 0) is 11.2 Å². The van der Waals surface area contributed by atoms with E-state index >= 15 is 0 Å². The lowest BCUT2D eigenvalue weighted by molar-refractivity contribution is -0.119. The summed E-state index contributed by atoms with van der Waals surface area (Å²) in [6, 6.07) is 10.8. The highest BCUT2D eigenvalue weighted by Crippen LogP contribution is 2.22. The first-order valence-corrected chi connectivity index (χ1v) is 8.72. The van der Waals surface area contributed by atoms with Gasteiger partial charge < -0.3 is 4.90 Å². The first-order chi connectivity index (χ1) is 11.8. The molecule has 2 heterocycles. The predicted molar refractivity (Wildman–Crippen MR) is 93.8 cm³/mol. The van der Waals surface area contributed by atoms with Crippen LogP contribution in [0.3, 0.4) is 0 Å². The number of aromatic nitrogens is 3. The Balaban J connectivity index is 1.54. The molecule has 3 rings (SSSR count). The zero-order valence-corrected chi connectivity index (χ0v) is 14.2. The van der Waals surface area contributed by atoms with Crippen molar-refractivity contribution < 1.29 is 4.79 Å². The van der Waals surface area contributed by atoms with E-state index in [9.17, 15) is 4.79 Å². The molecule has 128 valence electrons. The summed E-state index contributed by atoms with van der Waals surface area (Å²) in [4.78, 5) is 16.7. The maximum atomic E-state index is 12.3. The third-order valence-corrected chi connectivity index (χ3v) is 4.70. The molecule has 24 heavy (non-hydrogen) atoms. The highest BCUT2D eigenvalue weighted by molar-refractivity contribution is 5.92. The number of nitrogens with one attached hydrogen (secondary N) is 1. The SMILES string of the molecule is CCC(=O)N(c1cn[nH]n1)C1CCN(CCc2ccccc2)CC1. The third kappa shape index (κ3) is 4.00. The number of carbonyl (C=O) groups excluding carboxylic acids is 1. The van der Waals surface area contributed by atoms with Crippen LogP contribution in [0.4, 0.5) is 5.82 Å². The number of nitrogens with zero attached hydrogens (tertiary/aromatic N) is 4. The molecule has 0 aliphatic carbocycles. The minimum Gasteiger partial charge on any atom is -0.303 e. The summed E-state index contributed by atoms with van der Waals surface area (Å²) < 4.78 is 0. The zero-order chi connectivity index (χ0) is 16.8. The van der Waals surface area contributed by atoms with Gasteiger partial charge in [0.1, 0.15) is 0 Å². The summed E-state index contributed by atoms with van der Waals surface area (Å²) in [5, 5.41) is 10.6. The van der Waals surface area contributed by atoms with Crippen LogP contribution in [0.5, 0.6) is 0 Å². The molecular formula is C18H25N5O. The van der Waals surface area contributed by atoms with Crippen LogP contribution in [0.1, 0.15) is 31.7 Å². The Labute approximate surface area is 142 Å². The van der Waals surface area contributed by atoms with Crippen LogP contribution in [0.15, 0.2) is 36.5 Å². The van der Waals surface area contributed by atoms with Gasteiger partial charge in [-0.25, -0.2) is 0 Å². The van der Waals surface area contributed by atoms with E-state index in [1.807, 2.05) is 11.8 Å². The molecule has 6 nitrogen and oxygen atoms in total. The van der Waals surface area contributed by atoms with Crippen molar-refractivity contribution in [2.24, 2.45) is 0 Å². The number of rotatable bonds is 6. The molecule has 1 aliphatic heterocycles. The smallest absolute Gasteiger partial charge is 0.228 e. The number of piperidine rings is 1. The van der Waals surface area contributed by atoms with Crippen molar-refractivity contribution in [2.75, 3.05) is 24.5 Å². The lowest BCUT2D eigenvalue weighted by atomic mass is 10.0. The number of likely N-dealkylation sites (tertiary alicyclic amines) is 1. The largest absolute Gasteiger partial charge is 0.303 e. The molecule has 2 aromatic rings. The number of H-pyrrole nitrogens is 1. The molecule has 1 N–H and O–H groups in total. The third-order valence-electron chi connectivity index (χ3n) is 4.70. The van der Waals surface area contributed by atoms with Crippen molar-refractivity contribution in [1.29, 1.82) is 0 Å². The van der Waals surface area contributed by atoms with Gasteiger partial charge in [0.2, 0.25) is 5.91 Å². The van der Waals surface area contributed by atoms with E-state index in [2.05, 4.69) is 50.6 Å². The highest BCUT2D eigenvalue weighted by atomic mass is 16.2. The van der Waals surface area contributed by atoms with Crippen LogP contribution in [0.2, 0.25) is 0 Å². The minimum absolute atomic E-state index is 0.117. The Morgan fingerprint density at radius 2 is 2.04 bits per heavy atom. The fraction of sp³-hybridized carbons (Fsp3) is 0.500. The summed E-state index contributed by atoms with van der Waals surface area (Å²) in [6.45, 7) is 5.00. The fourth-order valence-electron chi connectivity index (χ4n) is 3.33. The van der Waals surface area contributed by atoms with Crippen molar-refractivity contribution in [3.63, 3.8) is 0 Å². The van der Waals surface area contributed by atoms with Crippen molar-refractivity contribution >= 4 is 11.7 Å². The van der Waals surface area contributed by atoms with Gasteiger partial charge in [-0.2, -0.15) is 10.3 Å². The summed E-state index contributed by atoms with van der Waals surface area (Å²) in [6.07, 6.45) is 5.16. The Morgan fingerprint density at radius 1 is 1.29 bits per heavy atom. The van der Waals surface area contributed by atoms with Gasteiger partial charge in [0, 0.05) is 32.1 Å². The average Bonchev–Trinajstić information content (AvgIpc) is 3.16. The number of hydrogen-bond donors (Lipinski definition) is 1. The molecule has 6 heteroatoms. The Hall–Kier alpha value is -2.21. The monoisotopic (exact) mass is 327 g/mol. The maximum Gasteiger partial charge on any atom is 0.228 e. The van der Waals surface area contributed by atoms with Crippen LogP contribution in [-0.4, -0.2) is 51.9 Å². The summed E-state index contributed by atoms with van der Waals surface area (Å²) in [5.74, 6) is 0.760. The van der Waals surface area contributed by atoms with Crippen LogP contribution in [0, 0.1) is 0 Å². The maximum absolute atomic E-state index is 12.3. The van der Waals surface area contributed by atoms with Crippen molar-refractivity contribution in [2.45, 2.75) is 38.6 Å². The first kappa shape index (κ1) is 16.6. The van der Waals surface area contributed by atoms with Crippen LogP contribution in [0.25, 0.3) is 0 Å². The molecule has 0 radical (unpaired) electrons. The number of anilines is 1. The van der Waals surface area contributed by atoms with Crippen molar-refractivity contribution in [1.82, 2.24) is 20.3 Å². The standard InChI is InChI=1S/C18H25N5O/c1-2-18(24)23(17-14-19-21-20-17)16-9-12-22(13-10-16)11-8-15-6-4-3-5-7-15/h3-7,14,16H,2,8-13H2,1H3,(H,19,20,21). The van der Waals surface area contributed by atoms with Crippen molar-refractivity contribution in [3.05, 3.63) is 42.1 Å². The van der Waals surface area contributed by atoms with Gasteiger partial charge in [0.05, 0.1) is 6.20 Å². The fourth-order valence-corrected chi connectivity index (χ4v) is 3.33. The molecular weight excluding hydrogens is 302 g/mol. The zero-order valence-electron chi connectivity index (χ0n) is 14.2. The molecule has 1 fully saturated rings. The van der Waals surface area contributed by atoms with E-state index in [4.69, 9.17) is 0 Å². The lowest BCUT2D eigenvalue weighted by Crippen LogP contribution is -2.48. The molecule has 0 spiro atoms. The van der Waals surface area contributed by atoms with Gasteiger partial charge in [-0.3, -0.25) is 9.69 Å². The topological polar surface area (TPSA) is 65.1 Å². The van der Waals surface area contributed by atoms with Gasteiger partial charge in [-0.15, -0.1) is 5.10 Å². The molecule has 0 unspecified atom stereocenters. The Morgan fingerprint density at radius 3 is 2.67 bits per heavy atom. The first-order valence-electron chi connectivity index (χ1n) is 8.72. The highest BCUT2D eigenvalue weighted by Gasteiger charge is 2.29. The molecule has 1 aromatic heterocycles. The van der Waals surface area contributed by atoms with Gasteiger partial charge in [-0.1, -0.05) is 37.3 Å². The van der Waals surface area contributed by atoms with E-state index in [1.54, 1.807) is 6.20 Å². The van der Waals surface area contributed by atoms with Gasteiger partial charge >= 0.3 is 0 Å². The van der Waals surface area contributed by atoms with Gasteiger partial charge in [0.25, 0.3) is 0 Å². The number of aromatic amines is 1. The Bertz CT molecular complexity index is 620. The van der Waals surface area contributed by atoms with E-state index < -0.39 is 0 Å². The molecule has 1 aliphatic rings. The van der Waals surface area contributed by atoms with Gasteiger partial charge in [0.15, 0.2) is 5.82 Å². The second kappa shape index (κ2) is 8.06. The molecule has 1 aromatic carbocycles. The van der Waals surface area contributed by atoms with E-state index in [1.165, 1.54) is 5.56 Å². The Kier molecular flexibility index (Phi) is 5.59. The molecule has 0 atom stereocenters. The van der Waals surface area contributed by atoms with E-state index in [0.29, 0.717) is 12.2 Å². The summed E-state index contributed by atoms with van der Waals surface area (Å²) in [7, 11) is 0. The summed E-state index contributed by atoms with van der Waals surface area (Å²) in [5.41, 5.74) is 1.38. The molecule has 0 bridgehead atoms. The molecule has 0 saturated carbocycles. The second-order valence-electron chi connectivity index (χ2n) is 6.25. The average molecular weight is 327 g/mol. The normalized spacial score (nSPS) is 16.2. The number of benzene rings is 1. The lowest BCUT2D eigenvalue weighted by Gasteiger charge is -2.37.